The molecule has 0 fully saturated rings. The maximum Gasteiger partial charge on any atom is 0.252 e. The molecule has 0 atom stereocenters. The Morgan fingerprint density at radius 2 is 1.83 bits per heavy atom. The molecule has 1 aliphatic rings. The van der Waals surface area contributed by atoms with Gasteiger partial charge in [0.1, 0.15) is 0 Å². The lowest BCUT2D eigenvalue weighted by Crippen LogP contribution is -2.37. The standard InChI is InChI=1S/C21H21N3O4S/c1-23-19-9-5-3-7-16(19)17(14-20(23)25)21(26)22-11-13-29(27,28)24-12-10-15-6-2-4-8-18(15)24/h2-9,14H,10-13H2,1H3,(H,22,26). The van der Waals surface area contributed by atoms with Crippen LogP contribution in [0, 0.1) is 0 Å². The predicted molar refractivity (Wildman–Crippen MR) is 113 cm³/mol. The summed E-state index contributed by atoms with van der Waals surface area (Å²) in [4.78, 5) is 24.8. The lowest BCUT2D eigenvalue weighted by Gasteiger charge is -2.19. The van der Waals surface area contributed by atoms with E-state index in [4.69, 9.17) is 0 Å². The quantitative estimate of drug-likeness (QED) is 0.692. The van der Waals surface area contributed by atoms with Crippen molar-refractivity contribution in [1.82, 2.24) is 9.88 Å². The van der Waals surface area contributed by atoms with Gasteiger partial charge in [0, 0.05) is 31.6 Å². The summed E-state index contributed by atoms with van der Waals surface area (Å²) in [6, 6.07) is 15.8. The number of anilines is 1. The number of rotatable bonds is 5. The number of carbonyl (C=O) groups excluding carboxylic acids is 1. The molecule has 3 aromatic rings. The molecule has 0 spiro atoms. The second-order valence-electron chi connectivity index (χ2n) is 7.00. The van der Waals surface area contributed by atoms with Gasteiger partial charge in [-0.25, -0.2) is 8.42 Å². The van der Waals surface area contributed by atoms with Crippen molar-refractivity contribution in [2.45, 2.75) is 6.42 Å². The molecule has 150 valence electrons. The molecule has 2 aromatic carbocycles. The molecule has 7 nitrogen and oxygen atoms in total. The summed E-state index contributed by atoms with van der Waals surface area (Å²) in [6.07, 6.45) is 0.682. The Balaban J connectivity index is 1.49. The van der Waals surface area contributed by atoms with Crippen LogP contribution in [0.4, 0.5) is 5.69 Å². The first-order chi connectivity index (χ1) is 13.9. The molecule has 1 aromatic heterocycles. The van der Waals surface area contributed by atoms with Crippen molar-refractivity contribution in [2.24, 2.45) is 7.05 Å². The zero-order valence-corrected chi connectivity index (χ0v) is 16.8. The molecule has 29 heavy (non-hydrogen) atoms. The lowest BCUT2D eigenvalue weighted by atomic mass is 10.1. The number of hydrogen-bond donors (Lipinski definition) is 1. The van der Waals surface area contributed by atoms with Gasteiger partial charge in [-0.05, 0) is 24.1 Å². The number of sulfonamides is 1. The second kappa shape index (κ2) is 7.36. The van der Waals surface area contributed by atoms with Gasteiger partial charge in [-0.2, -0.15) is 0 Å². The molecule has 1 aliphatic heterocycles. The minimum Gasteiger partial charge on any atom is -0.351 e. The van der Waals surface area contributed by atoms with E-state index in [2.05, 4.69) is 5.32 Å². The zero-order chi connectivity index (χ0) is 20.6. The van der Waals surface area contributed by atoms with Crippen LogP contribution in [0.15, 0.2) is 59.4 Å². The summed E-state index contributed by atoms with van der Waals surface area (Å²) < 4.78 is 28.4. The van der Waals surface area contributed by atoms with E-state index < -0.39 is 15.9 Å². The van der Waals surface area contributed by atoms with Crippen molar-refractivity contribution in [3.05, 3.63) is 76.1 Å². The Morgan fingerprint density at radius 1 is 1.10 bits per heavy atom. The Hall–Kier alpha value is -3.13. The molecule has 0 saturated carbocycles. The number of benzene rings is 2. The molecule has 1 N–H and O–H groups in total. The normalized spacial score (nSPS) is 13.5. The number of pyridine rings is 1. The van der Waals surface area contributed by atoms with Crippen LogP contribution in [0.3, 0.4) is 0 Å². The molecule has 0 radical (unpaired) electrons. The molecular weight excluding hydrogens is 390 g/mol. The van der Waals surface area contributed by atoms with Crippen molar-refractivity contribution >= 4 is 32.5 Å². The fraction of sp³-hybridized carbons (Fsp3) is 0.238. The third-order valence-corrected chi connectivity index (χ3v) is 7.00. The summed E-state index contributed by atoms with van der Waals surface area (Å²) >= 11 is 0. The first-order valence-electron chi connectivity index (χ1n) is 9.34. The highest BCUT2D eigenvalue weighted by Gasteiger charge is 2.28. The molecule has 0 saturated heterocycles. The molecule has 2 heterocycles. The van der Waals surface area contributed by atoms with Gasteiger partial charge in [0.25, 0.3) is 11.5 Å². The first kappa shape index (κ1) is 19.2. The maximum absolute atomic E-state index is 12.7. The van der Waals surface area contributed by atoms with Gasteiger partial charge in [-0.1, -0.05) is 36.4 Å². The van der Waals surface area contributed by atoms with E-state index in [9.17, 15) is 18.0 Å². The molecule has 1 amide bonds. The van der Waals surface area contributed by atoms with Gasteiger partial charge >= 0.3 is 0 Å². The monoisotopic (exact) mass is 411 g/mol. The van der Waals surface area contributed by atoms with E-state index in [0.717, 1.165) is 5.56 Å². The number of aryl methyl sites for hydroxylation is 1. The number of nitrogens with one attached hydrogen (secondary N) is 1. The third-order valence-electron chi connectivity index (χ3n) is 5.22. The Kier molecular flexibility index (Phi) is 4.87. The minimum atomic E-state index is -3.56. The van der Waals surface area contributed by atoms with Crippen LogP contribution in [0.2, 0.25) is 0 Å². The van der Waals surface area contributed by atoms with E-state index in [1.54, 1.807) is 37.4 Å². The molecule has 0 unspecified atom stereocenters. The van der Waals surface area contributed by atoms with Crippen molar-refractivity contribution in [2.75, 3.05) is 23.1 Å². The predicted octanol–water partition coefficient (Wildman–Crippen LogP) is 1.66. The van der Waals surface area contributed by atoms with Gasteiger partial charge in [0.2, 0.25) is 10.0 Å². The summed E-state index contributed by atoms with van der Waals surface area (Å²) in [5, 5.41) is 3.29. The van der Waals surface area contributed by atoms with E-state index in [-0.39, 0.29) is 23.4 Å². The molecular formula is C21H21N3O4S. The van der Waals surface area contributed by atoms with Gasteiger partial charge in [-0.15, -0.1) is 0 Å². The van der Waals surface area contributed by atoms with Crippen molar-refractivity contribution < 1.29 is 13.2 Å². The Bertz CT molecular complexity index is 1260. The largest absolute Gasteiger partial charge is 0.351 e. The van der Waals surface area contributed by atoms with Gasteiger partial charge in [-0.3, -0.25) is 13.9 Å². The summed E-state index contributed by atoms with van der Waals surface area (Å²) in [6.45, 7) is 0.373. The zero-order valence-electron chi connectivity index (χ0n) is 16.0. The molecule has 8 heteroatoms. The van der Waals surface area contributed by atoms with Crippen LogP contribution in [0.5, 0.6) is 0 Å². The third kappa shape index (κ3) is 3.51. The van der Waals surface area contributed by atoms with Crippen LogP contribution in [0.25, 0.3) is 10.9 Å². The van der Waals surface area contributed by atoms with E-state index in [1.165, 1.54) is 14.9 Å². The van der Waals surface area contributed by atoms with Crippen LogP contribution in [-0.2, 0) is 23.5 Å². The Morgan fingerprint density at radius 3 is 2.66 bits per heavy atom. The fourth-order valence-electron chi connectivity index (χ4n) is 3.69. The number of carbonyl (C=O) groups is 1. The van der Waals surface area contributed by atoms with Gasteiger partial charge in [0.05, 0.1) is 22.5 Å². The number of fused-ring (bicyclic) bond motifs is 2. The summed E-state index contributed by atoms with van der Waals surface area (Å²) in [5.74, 6) is -0.675. The highest BCUT2D eigenvalue weighted by Crippen LogP contribution is 2.29. The fourth-order valence-corrected chi connectivity index (χ4v) is 5.12. The van der Waals surface area contributed by atoms with E-state index in [0.29, 0.717) is 29.6 Å². The number of para-hydroxylation sites is 2. The maximum atomic E-state index is 12.7. The molecule has 4 rings (SSSR count). The van der Waals surface area contributed by atoms with E-state index >= 15 is 0 Å². The molecule has 0 bridgehead atoms. The van der Waals surface area contributed by atoms with Crippen LogP contribution in [-0.4, -0.2) is 37.7 Å². The molecule has 0 aliphatic carbocycles. The highest BCUT2D eigenvalue weighted by molar-refractivity contribution is 7.92. The summed E-state index contributed by atoms with van der Waals surface area (Å²) in [5.41, 5.74) is 2.30. The SMILES string of the molecule is Cn1c(=O)cc(C(=O)NCCS(=O)(=O)N2CCc3ccccc32)c2ccccc21. The number of amides is 1. The van der Waals surface area contributed by atoms with Crippen LogP contribution in [0.1, 0.15) is 15.9 Å². The van der Waals surface area contributed by atoms with Crippen molar-refractivity contribution in [1.29, 1.82) is 0 Å². The number of nitrogens with zero attached hydrogens (tertiary/aromatic N) is 2. The average molecular weight is 411 g/mol. The van der Waals surface area contributed by atoms with E-state index in [1.807, 2.05) is 18.2 Å². The van der Waals surface area contributed by atoms with Gasteiger partial charge in [0.15, 0.2) is 0 Å². The van der Waals surface area contributed by atoms with Gasteiger partial charge < -0.3 is 9.88 Å². The summed E-state index contributed by atoms with van der Waals surface area (Å²) in [7, 11) is -1.91. The first-order valence-corrected chi connectivity index (χ1v) is 10.9. The van der Waals surface area contributed by atoms with Crippen molar-refractivity contribution in [3.8, 4) is 0 Å². The Labute approximate surface area is 168 Å². The minimum absolute atomic E-state index is 0.0383. The number of hydrogen-bond acceptors (Lipinski definition) is 4. The highest BCUT2D eigenvalue weighted by atomic mass is 32.2. The van der Waals surface area contributed by atoms with Crippen LogP contribution >= 0.6 is 0 Å². The second-order valence-corrected chi connectivity index (χ2v) is 9.01. The average Bonchev–Trinajstić information content (AvgIpc) is 3.15. The lowest BCUT2D eigenvalue weighted by molar-refractivity contribution is 0.0957. The smallest absolute Gasteiger partial charge is 0.252 e. The topological polar surface area (TPSA) is 88.5 Å². The van der Waals surface area contributed by atoms with Crippen molar-refractivity contribution in [3.63, 3.8) is 0 Å². The number of aromatic nitrogens is 1. The van der Waals surface area contributed by atoms with Crippen LogP contribution < -0.4 is 15.2 Å².